The SMILES string of the molecule is CCc1ncc(CN(C)Cn2c3c(sc2=O)C[C@@H](C)CC3)s1. The molecule has 0 aliphatic heterocycles. The van der Waals surface area contributed by atoms with Crippen molar-refractivity contribution in [2.24, 2.45) is 5.92 Å². The van der Waals surface area contributed by atoms with Crippen molar-refractivity contribution in [3.05, 3.63) is 36.3 Å². The van der Waals surface area contributed by atoms with Gasteiger partial charge in [-0.25, -0.2) is 4.98 Å². The van der Waals surface area contributed by atoms with Gasteiger partial charge in [0.15, 0.2) is 0 Å². The lowest BCUT2D eigenvalue weighted by Gasteiger charge is -2.22. The fraction of sp³-hybridized carbons (Fsp3) is 0.625. The average molecular weight is 338 g/mol. The molecule has 4 nitrogen and oxygen atoms in total. The lowest BCUT2D eigenvalue weighted by Crippen LogP contribution is -2.28. The van der Waals surface area contributed by atoms with E-state index in [2.05, 4.69) is 30.8 Å². The molecule has 0 bridgehead atoms. The van der Waals surface area contributed by atoms with E-state index in [4.69, 9.17) is 0 Å². The standard InChI is InChI=1S/C16H23N3OS2/c1-4-15-17-8-12(21-15)9-18(3)10-19-13-6-5-11(2)7-14(13)22-16(19)20/h8,11H,4-7,9-10H2,1-3H3/t11-/m0/s1. The molecular formula is C16H23N3OS2. The van der Waals surface area contributed by atoms with Gasteiger partial charge in [-0.3, -0.25) is 14.3 Å². The second-order valence-electron chi connectivity index (χ2n) is 6.24. The first-order chi connectivity index (χ1) is 10.6. The maximum atomic E-state index is 12.3. The molecule has 0 spiro atoms. The van der Waals surface area contributed by atoms with Crippen molar-refractivity contribution in [2.45, 2.75) is 52.7 Å². The molecule has 0 radical (unpaired) electrons. The van der Waals surface area contributed by atoms with Gasteiger partial charge < -0.3 is 0 Å². The zero-order valence-electron chi connectivity index (χ0n) is 13.5. The molecule has 2 heterocycles. The van der Waals surface area contributed by atoms with Crippen LogP contribution in [0.25, 0.3) is 0 Å². The van der Waals surface area contributed by atoms with Crippen LogP contribution in [0.5, 0.6) is 0 Å². The summed E-state index contributed by atoms with van der Waals surface area (Å²) in [4.78, 5) is 21.7. The first-order valence-electron chi connectivity index (χ1n) is 7.90. The van der Waals surface area contributed by atoms with Gasteiger partial charge in [-0.1, -0.05) is 25.2 Å². The summed E-state index contributed by atoms with van der Waals surface area (Å²) in [7, 11) is 2.08. The van der Waals surface area contributed by atoms with Crippen molar-refractivity contribution in [1.82, 2.24) is 14.5 Å². The van der Waals surface area contributed by atoms with E-state index < -0.39 is 0 Å². The number of aromatic nitrogens is 2. The van der Waals surface area contributed by atoms with E-state index in [1.54, 1.807) is 11.3 Å². The highest BCUT2D eigenvalue weighted by Gasteiger charge is 2.22. The van der Waals surface area contributed by atoms with E-state index in [0.29, 0.717) is 12.6 Å². The Labute approximate surface area is 139 Å². The van der Waals surface area contributed by atoms with E-state index in [0.717, 1.165) is 25.8 Å². The molecule has 22 heavy (non-hydrogen) atoms. The molecule has 1 atom stereocenters. The number of aryl methyl sites for hydroxylation is 1. The summed E-state index contributed by atoms with van der Waals surface area (Å²) in [5, 5.41) is 1.18. The van der Waals surface area contributed by atoms with Crippen LogP contribution < -0.4 is 4.87 Å². The van der Waals surface area contributed by atoms with E-state index in [1.807, 2.05) is 10.8 Å². The summed E-state index contributed by atoms with van der Waals surface area (Å²) >= 11 is 3.22. The van der Waals surface area contributed by atoms with Crippen LogP contribution in [0, 0.1) is 5.92 Å². The third kappa shape index (κ3) is 3.34. The summed E-state index contributed by atoms with van der Waals surface area (Å²) < 4.78 is 1.98. The molecule has 1 aliphatic carbocycles. The Morgan fingerprint density at radius 1 is 1.45 bits per heavy atom. The normalized spacial score (nSPS) is 17.9. The van der Waals surface area contributed by atoms with Crippen LogP contribution in [0.4, 0.5) is 0 Å². The highest BCUT2D eigenvalue weighted by molar-refractivity contribution is 7.11. The second-order valence-corrected chi connectivity index (χ2v) is 8.49. The fourth-order valence-electron chi connectivity index (χ4n) is 3.00. The second kappa shape index (κ2) is 6.64. The molecule has 0 unspecified atom stereocenters. The molecule has 0 fully saturated rings. The van der Waals surface area contributed by atoms with E-state index in [1.165, 1.54) is 38.2 Å². The molecule has 0 saturated heterocycles. The van der Waals surface area contributed by atoms with Gasteiger partial charge in [0.1, 0.15) is 0 Å². The van der Waals surface area contributed by atoms with Crippen molar-refractivity contribution in [2.75, 3.05) is 7.05 Å². The number of hydrogen-bond donors (Lipinski definition) is 0. The van der Waals surface area contributed by atoms with Crippen molar-refractivity contribution < 1.29 is 0 Å². The number of fused-ring (bicyclic) bond motifs is 1. The van der Waals surface area contributed by atoms with Gasteiger partial charge in [-0.15, -0.1) is 11.3 Å². The molecule has 2 aromatic rings. The highest BCUT2D eigenvalue weighted by atomic mass is 32.1. The predicted molar refractivity (Wildman–Crippen MR) is 92.7 cm³/mol. The Balaban J connectivity index is 1.71. The van der Waals surface area contributed by atoms with E-state index >= 15 is 0 Å². The summed E-state index contributed by atoms with van der Waals surface area (Å²) in [6.45, 7) is 5.94. The van der Waals surface area contributed by atoms with Crippen LogP contribution in [-0.2, 0) is 32.5 Å². The monoisotopic (exact) mass is 337 g/mol. The Morgan fingerprint density at radius 3 is 3.00 bits per heavy atom. The van der Waals surface area contributed by atoms with Gasteiger partial charge in [-0.05, 0) is 38.6 Å². The quantitative estimate of drug-likeness (QED) is 0.841. The third-order valence-corrected chi connectivity index (χ3v) is 6.37. The highest BCUT2D eigenvalue weighted by Crippen LogP contribution is 2.27. The van der Waals surface area contributed by atoms with Crippen LogP contribution in [-0.4, -0.2) is 21.5 Å². The molecule has 120 valence electrons. The average Bonchev–Trinajstić information content (AvgIpc) is 3.04. The van der Waals surface area contributed by atoms with Gasteiger partial charge >= 0.3 is 4.87 Å². The number of hydrogen-bond acceptors (Lipinski definition) is 5. The van der Waals surface area contributed by atoms with Gasteiger partial charge in [-0.2, -0.15) is 0 Å². The molecule has 3 rings (SSSR count). The van der Waals surface area contributed by atoms with Crippen molar-refractivity contribution >= 4 is 22.7 Å². The van der Waals surface area contributed by atoms with E-state index in [9.17, 15) is 4.79 Å². The molecule has 1 aliphatic rings. The van der Waals surface area contributed by atoms with Gasteiger partial charge in [0.25, 0.3) is 0 Å². The molecule has 0 amide bonds. The smallest absolute Gasteiger partial charge is 0.289 e. The first-order valence-corrected chi connectivity index (χ1v) is 9.53. The van der Waals surface area contributed by atoms with Crippen LogP contribution >= 0.6 is 22.7 Å². The summed E-state index contributed by atoms with van der Waals surface area (Å²) in [5.41, 5.74) is 1.28. The maximum absolute atomic E-state index is 12.3. The summed E-state index contributed by atoms with van der Waals surface area (Å²) in [5.74, 6) is 0.710. The molecule has 0 aromatic carbocycles. The lowest BCUT2D eigenvalue weighted by atomic mass is 9.93. The molecule has 0 N–H and O–H groups in total. The topological polar surface area (TPSA) is 38.1 Å². The van der Waals surface area contributed by atoms with Crippen LogP contribution in [0.2, 0.25) is 0 Å². The van der Waals surface area contributed by atoms with Crippen LogP contribution in [0.15, 0.2) is 11.0 Å². The minimum atomic E-state index is 0.199. The number of thiazole rings is 2. The number of nitrogens with zero attached hydrogens (tertiary/aromatic N) is 3. The van der Waals surface area contributed by atoms with Crippen molar-refractivity contribution in [3.8, 4) is 0 Å². The first kappa shape index (κ1) is 15.9. The van der Waals surface area contributed by atoms with Gasteiger partial charge in [0.2, 0.25) is 0 Å². The van der Waals surface area contributed by atoms with Gasteiger partial charge in [0.05, 0.1) is 11.7 Å². The Kier molecular flexibility index (Phi) is 4.80. The Morgan fingerprint density at radius 2 is 2.27 bits per heavy atom. The zero-order valence-corrected chi connectivity index (χ0v) is 15.1. The van der Waals surface area contributed by atoms with Crippen LogP contribution in [0.1, 0.15) is 40.7 Å². The number of rotatable bonds is 5. The van der Waals surface area contributed by atoms with Crippen molar-refractivity contribution in [3.63, 3.8) is 0 Å². The Hall–Kier alpha value is -0.980. The molecule has 0 saturated carbocycles. The maximum Gasteiger partial charge on any atom is 0.308 e. The van der Waals surface area contributed by atoms with Gasteiger partial charge in [0, 0.05) is 28.2 Å². The fourth-order valence-corrected chi connectivity index (χ4v) is 5.13. The summed E-state index contributed by atoms with van der Waals surface area (Å²) in [6.07, 6.45) is 6.27. The van der Waals surface area contributed by atoms with E-state index in [-0.39, 0.29) is 4.87 Å². The third-order valence-electron chi connectivity index (χ3n) is 4.20. The lowest BCUT2D eigenvalue weighted by molar-refractivity contribution is 0.254. The van der Waals surface area contributed by atoms with Crippen LogP contribution in [0.3, 0.4) is 0 Å². The largest absolute Gasteiger partial charge is 0.308 e. The zero-order chi connectivity index (χ0) is 15.7. The minimum absolute atomic E-state index is 0.199. The predicted octanol–water partition coefficient (Wildman–Crippen LogP) is 3.14. The summed E-state index contributed by atoms with van der Waals surface area (Å²) in [6, 6.07) is 0. The molecule has 2 aromatic heterocycles. The Bertz CT molecular complexity index is 701. The minimum Gasteiger partial charge on any atom is -0.289 e. The molecular weight excluding hydrogens is 314 g/mol. The molecule has 6 heteroatoms. The van der Waals surface area contributed by atoms with Crippen molar-refractivity contribution in [1.29, 1.82) is 0 Å².